The fourth-order valence-electron chi connectivity index (χ4n) is 2.21. The van der Waals surface area contributed by atoms with E-state index in [1.807, 2.05) is 30.3 Å². The van der Waals surface area contributed by atoms with Gasteiger partial charge < -0.3 is 10.5 Å². The highest BCUT2D eigenvalue weighted by Gasteiger charge is 2.30. The lowest BCUT2D eigenvalue weighted by atomic mass is 9.91. The Kier molecular flexibility index (Phi) is 3.86. The third-order valence-corrected chi connectivity index (χ3v) is 3.18. The number of rotatable bonds is 4. The van der Waals surface area contributed by atoms with Crippen LogP contribution in [0.25, 0.3) is 10.8 Å². The van der Waals surface area contributed by atoms with E-state index in [-0.39, 0.29) is 5.97 Å². The number of hydrogen-bond donors (Lipinski definition) is 1. The summed E-state index contributed by atoms with van der Waals surface area (Å²) in [5.41, 5.74) is 6.16. The molecule has 0 aromatic heterocycles. The lowest BCUT2D eigenvalue weighted by Crippen LogP contribution is -2.48. The zero-order valence-corrected chi connectivity index (χ0v) is 11.3. The largest absolute Gasteiger partial charge is 0.465 e. The van der Waals surface area contributed by atoms with E-state index in [4.69, 9.17) is 10.5 Å². The maximum absolute atomic E-state index is 11.9. The normalized spacial score (nSPS) is 14.1. The number of esters is 1. The summed E-state index contributed by atoms with van der Waals surface area (Å²) < 4.78 is 5.03. The topological polar surface area (TPSA) is 52.3 Å². The maximum Gasteiger partial charge on any atom is 0.326 e. The first kappa shape index (κ1) is 13.6. The molecule has 0 heterocycles. The predicted octanol–water partition coefficient (Wildman–Crippen LogP) is 2.66. The fourth-order valence-corrected chi connectivity index (χ4v) is 2.21. The van der Waals surface area contributed by atoms with Crippen molar-refractivity contribution >= 4 is 16.7 Å². The van der Waals surface area contributed by atoms with Crippen LogP contribution < -0.4 is 5.73 Å². The molecule has 0 aliphatic carbocycles. The molecule has 0 radical (unpaired) electrons. The van der Waals surface area contributed by atoms with Crippen molar-refractivity contribution in [2.75, 3.05) is 6.61 Å². The van der Waals surface area contributed by atoms with Gasteiger partial charge in [-0.1, -0.05) is 42.5 Å². The number of hydrogen-bond acceptors (Lipinski definition) is 3. The zero-order valence-electron chi connectivity index (χ0n) is 11.3. The Morgan fingerprint density at radius 2 is 1.89 bits per heavy atom. The van der Waals surface area contributed by atoms with E-state index in [2.05, 4.69) is 12.1 Å². The average molecular weight is 257 g/mol. The Morgan fingerprint density at radius 1 is 1.21 bits per heavy atom. The first-order valence-corrected chi connectivity index (χ1v) is 6.47. The first-order chi connectivity index (χ1) is 9.04. The monoisotopic (exact) mass is 257 g/mol. The number of ether oxygens (including phenoxy) is 1. The fraction of sp³-hybridized carbons (Fsp3) is 0.312. The minimum atomic E-state index is -1.000. The second-order valence-corrected chi connectivity index (χ2v) is 4.95. The van der Waals surface area contributed by atoms with Gasteiger partial charge in [0.15, 0.2) is 0 Å². The van der Waals surface area contributed by atoms with Gasteiger partial charge in [-0.25, -0.2) is 0 Å². The van der Waals surface area contributed by atoms with Crippen LogP contribution in [0.4, 0.5) is 0 Å². The van der Waals surface area contributed by atoms with Gasteiger partial charge in [0.1, 0.15) is 5.54 Å². The van der Waals surface area contributed by atoms with E-state index in [1.54, 1.807) is 13.8 Å². The van der Waals surface area contributed by atoms with Crippen molar-refractivity contribution in [1.82, 2.24) is 0 Å². The van der Waals surface area contributed by atoms with Gasteiger partial charge in [0.2, 0.25) is 0 Å². The quantitative estimate of drug-likeness (QED) is 0.857. The molecule has 0 bridgehead atoms. The van der Waals surface area contributed by atoms with Crippen LogP contribution in [0.15, 0.2) is 42.5 Å². The van der Waals surface area contributed by atoms with Crippen molar-refractivity contribution in [1.29, 1.82) is 0 Å². The van der Waals surface area contributed by atoms with Crippen molar-refractivity contribution in [2.45, 2.75) is 25.8 Å². The van der Waals surface area contributed by atoms with E-state index in [0.29, 0.717) is 13.0 Å². The van der Waals surface area contributed by atoms with Gasteiger partial charge in [0.05, 0.1) is 6.61 Å². The van der Waals surface area contributed by atoms with Crippen LogP contribution in [0.2, 0.25) is 0 Å². The Bertz CT molecular complexity index is 585. The molecular formula is C16H19NO2. The van der Waals surface area contributed by atoms with E-state index in [0.717, 1.165) is 16.3 Å². The molecule has 2 N–H and O–H groups in total. The Morgan fingerprint density at radius 3 is 2.63 bits per heavy atom. The summed E-state index contributed by atoms with van der Waals surface area (Å²) in [6, 6.07) is 14.1. The first-order valence-electron chi connectivity index (χ1n) is 6.47. The molecule has 0 saturated heterocycles. The molecule has 1 atom stereocenters. The predicted molar refractivity (Wildman–Crippen MR) is 76.9 cm³/mol. The highest BCUT2D eigenvalue weighted by atomic mass is 16.5. The summed E-state index contributed by atoms with van der Waals surface area (Å²) in [6.07, 6.45) is 0.465. The van der Waals surface area contributed by atoms with Gasteiger partial charge in [0, 0.05) is 6.42 Å². The molecule has 100 valence electrons. The van der Waals surface area contributed by atoms with Crippen LogP contribution in [0, 0.1) is 0 Å². The lowest BCUT2D eigenvalue weighted by molar-refractivity contribution is -0.148. The van der Waals surface area contributed by atoms with Crippen molar-refractivity contribution in [3.63, 3.8) is 0 Å². The smallest absolute Gasteiger partial charge is 0.326 e. The molecule has 3 nitrogen and oxygen atoms in total. The van der Waals surface area contributed by atoms with Gasteiger partial charge >= 0.3 is 5.97 Å². The van der Waals surface area contributed by atoms with Crippen LogP contribution in [-0.4, -0.2) is 18.1 Å². The van der Waals surface area contributed by atoms with Crippen LogP contribution in [0.3, 0.4) is 0 Å². The van der Waals surface area contributed by atoms with Gasteiger partial charge in [-0.2, -0.15) is 0 Å². The summed E-state index contributed by atoms with van der Waals surface area (Å²) in [4.78, 5) is 11.9. The highest BCUT2D eigenvalue weighted by Crippen LogP contribution is 2.22. The Hall–Kier alpha value is -1.87. The lowest BCUT2D eigenvalue weighted by Gasteiger charge is -2.23. The number of benzene rings is 2. The van der Waals surface area contributed by atoms with E-state index >= 15 is 0 Å². The second-order valence-electron chi connectivity index (χ2n) is 4.95. The third kappa shape index (κ3) is 2.93. The Balaban J connectivity index is 2.33. The van der Waals surface area contributed by atoms with Crippen molar-refractivity contribution in [3.05, 3.63) is 48.0 Å². The molecule has 3 heteroatoms. The van der Waals surface area contributed by atoms with Gasteiger partial charge in [-0.05, 0) is 30.2 Å². The van der Waals surface area contributed by atoms with E-state index in [1.165, 1.54) is 0 Å². The molecule has 0 fully saturated rings. The maximum atomic E-state index is 11.9. The molecule has 2 rings (SSSR count). The zero-order chi connectivity index (χ0) is 13.9. The third-order valence-electron chi connectivity index (χ3n) is 3.18. The van der Waals surface area contributed by atoms with Gasteiger partial charge in [0.25, 0.3) is 0 Å². The molecule has 0 spiro atoms. The van der Waals surface area contributed by atoms with Gasteiger partial charge in [-0.3, -0.25) is 4.79 Å². The SMILES string of the molecule is CCOC(=O)[C@](C)(N)Cc1cccc2ccccc12. The molecule has 0 amide bonds. The van der Waals surface area contributed by atoms with Crippen LogP contribution in [0.5, 0.6) is 0 Å². The standard InChI is InChI=1S/C16H19NO2/c1-3-19-15(18)16(2,17)11-13-9-6-8-12-7-4-5-10-14(12)13/h4-10H,3,11,17H2,1-2H3/t16-/m1/s1. The second kappa shape index (κ2) is 5.41. The molecule has 19 heavy (non-hydrogen) atoms. The highest BCUT2D eigenvalue weighted by molar-refractivity contribution is 5.87. The molecule has 2 aromatic rings. The van der Waals surface area contributed by atoms with E-state index in [9.17, 15) is 4.79 Å². The molecular weight excluding hydrogens is 238 g/mol. The number of carbonyl (C=O) groups is 1. The number of fused-ring (bicyclic) bond motifs is 1. The van der Waals surface area contributed by atoms with Crippen LogP contribution in [0.1, 0.15) is 19.4 Å². The summed E-state index contributed by atoms with van der Waals surface area (Å²) in [7, 11) is 0. The van der Waals surface area contributed by atoms with E-state index < -0.39 is 5.54 Å². The average Bonchev–Trinajstić information content (AvgIpc) is 2.39. The summed E-state index contributed by atoms with van der Waals surface area (Å²) >= 11 is 0. The molecule has 0 unspecified atom stereocenters. The summed E-state index contributed by atoms with van der Waals surface area (Å²) in [5.74, 6) is -0.358. The minimum absolute atomic E-state index is 0.348. The van der Waals surface area contributed by atoms with Crippen molar-refractivity contribution < 1.29 is 9.53 Å². The molecule has 0 aliphatic heterocycles. The Labute approximate surface area is 113 Å². The van der Waals surface area contributed by atoms with Crippen molar-refractivity contribution in [3.8, 4) is 0 Å². The van der Waals surface area contributed by atoms with Gasteiger partial charge in [-0.15, -0.1) is 0 Å². The summed E-state index contributed by atoms with van der Waals surface area (Å²) in [6.45, 7) is 3.85. The minimum Gasteiger partial charge on any atom is -0.465 e. The summed E-state index contributed by atoms with van der Waals surface area (Å²) in [5, 5.41) is 2.28. The number of carbonyl (C=O) groups excluding carboxylic acids is 1. The molecule has 0 saturated carbocycles. The number of nitrogens with two attached hydrogens (primary N) is 1. The molecule has 0 aliphatic rings. The molecule has 2 aromatic carbocycles. The van der Waals surface area contributed by atoms with Crippen LogP contribution in [-0.2, 0) is 16.0 Å². The van der Waals surface area contributed by atoms with Crippen molar-refractivity contribution in [2.24, 2.45) is 5.73 Å². The van der Waals surface area contributed by atoms with Crippen LogP contribution >= 0.6 is 0 Å².